The number of carbonyl (C=O) groups is 1. The molecule has 1 fully saturated rings. The highest BCUT2D eigenvalue weighted by Crippen LogP contribution is 2.25. The fourth-order valence-corrected chi connectivity index (χ4v) is 6.16. The zero-order valence-electron chi connectivity index (χ0n) is 17.9. The van der Waals surface area contributed by atoms with E-state index in [1.807, 2.05) is 0 Å². The van der Waals surface area contributed by atoms with E-state index in [4.69, 9.17) is 0 Å². The molecule has 0 bridgehead atoms. The number of halogens is 3. The first kappa shape index (κ1) is 25.9. The van der Waals surface area contributed by atoms with E-state index in [-0.39, 0.29) is 41.6 Å². The van der Waals surface area contributed by atoms with Crippen LogP contribution in [0.3, 0.4) is 0 Å². The second-order valence-corrected chi connectivity index (χ2v) is 11.2. The van der Waals surface area contributed by atoms with Crippen molar-refractivity contribution >= 4 is 31.6 Å². The second kappa shape index (κ2) is 9.90. The number of nitrogens with zero attached hydrogens (tertiary/aromatic N) is 1. The summed E-state index contributed by atoms with van der Waals surface area (Å²) in [5.74, 6) is -0.833. The van der Waals surface area contributed by atoms with Crippen molar-refractivity contribution in [2.75, 3.05) is 18.4 Å². The fraction of sp³-hybridized carbons (Fsp3) is 0.350. The normalized spacial score (nSPS) is 16.2. The van der Waals surface area contributed by atoms with Crippen LogP contribution in [0.25, 0.3) is 0 Å². The van der Waals surface area contributed by atoms with Crippen LogP contribution < -0.4 is 14.8 Å². The van der Waals surface area contributed by atoms with Crippen LogP contribution in [-0.2, 0) is 24.8 Å². The summed E-state index contributed by atoms with van der Waals surface area (Å²) in [6.07, 6.45) is -4.48. The topological polar surface area (TPSA) is 122 Å². The van der Waals surface area contributed by atoms with Crippen molar-refractivity contribution in [2.24, 2.45) is 0 Å². The lowest BCUT2D eigenvalue weighted by Gasteiger charge is -2.31. The summed E-state index contributed by atoms with van der Waals surface area (Å²) in [5.41, 5.74) is 0.456. The zero-order valence-corrected chi connectivity index (χ0v) is 19.5. The molecule has 34 heavy (non-hydrogen) atoms. The van der Waals surface area contributed by atoms with Gasteiger partial charge in [0.1, 0.15) is 5.75 Å². The lowest BCUT2D eigenvalue weighted by atomic mass is 10.1. The number of nitrogens with one attached hydrogen (secondary N) is 2. The molecule has 14 heteroatoms. The number of anilines is 1. The standard InChI is InChI=1S/C20H22F3N3O6S2/c1-14(27)24-15-2-6-19(7-3-15)34(30,31)26-12-10-16(11-13-26)25-33(28,29)18-8-4-17(5-9-18)32-20(21,22)23/h2-9,16,25H,10-13H2,1H3,(H,24,27). The number of sulfonamides is 2. The smallest absolute Gasteiger partial charge is 0.406 e. The lowest BCUT2D eigenvalue weighted by Crippen LogP contribution is -2.46. The van der Waals surface area contributed by atoms with Crippen LogP contribution in [0.1, 0.15) is 19.8 Å². The van der Waals surface area contributed by atoms with Crippen molar-refractivity contribution in [1.29, 1.82) is 0 Å². The molecule has 1 saturated heterocycles. The third kappa shape index (κ3) is 6.68. The van der Waals surface area contributed by atoms with Gasteiger partial charge in [-0.2, -0.15) is 4.31 Å². The van der Waals surface area contributed by atoms with Gasteiger partial charge in [0.05, 0.1) is 9.79 Å². The number of hydrogen-bond donors (Lipinski definition) is 2. The molecule has 2 aromatic carbocycles. The van der Waals surface area contributed by atoms with Crippen LogP contribution in [0.15, 0.2) is 58.3 Å². The quantitative estimate of drug-likeness (QED) is 0.578. The average molecular weight is 522 g/mol. The van der Waals surface area contributed by atoms with E-state index in [1.165, 1.54) is 35.5 Å². The number of piperidine rings is 1. The first-order valence-corrected chi connectivity index (χ1v) is 12.9. The number of rotatable bonds is 7. The molecule has 0 spiro atoms. The van der Waals surface area contributed by atoms with Gasteiger partial charge < -0.3 is 10.1 Å². The van der Waals surface area contributed by atoms with Gasteiger partial charge >= 0.3 is 6.36 Å². The Morgan fingerprint density at radius 3 is 1.97 bits per heavy atom. The Morgan fingerprint density at radius 1 is 0.941 bits per heavy atom. The van der Waals surface area contributed by atoms with Crippen molar-refractivity contribution in [3.05, 3.63) is 48.5 Å². The van der Waals surface area contributed by atoms with Crippen LogP contribution in [0, 0.1) is 0 Å². The maximum Gasteiger partial charge on any atom is 0.573 e. The minimum absolute atomic E-state index is 0.0433. The van der Waals surface area contributed by atoms with Gasteiger partial charge in [0.15, 0.2) is 0 Å². The van der Waals surface area contributed by atoms with Crippen LogP contribution in [0.2, 0.25) is 0 Å². The van der Waals surface area contributed by atoms with E-state index in [0.717, 1.165) is 24.3 Å². The molecule has 0 aromatic heterocycles. The molecule has 9 nitrogen and oxygen atoms in total. The molecule has 0 aliphatic carbocycles. The third-order valence-electron chi connectivity index (χ3n) is 4.96. The Morgan fingerprint density at radius 2 is 1.47 bits per heavy atom. The SMILES string of the molecule is CC(=O)Nc1ccc(S(=O)(=O)N2CCC(NS(=O)(=O)c3ccc(OC(F)(F)F)cc3)CC2)cc1. The first-order valence-electron chi connectivity index (χ1n) is 10.0. The molecular weight excluding hydrogens is 499 g/mol. The largest absolute Gasteiger partial charge is 0.573 e. The molecule has 186 valence electrons. The predicted molar refractivity (Wildman–Crippen MR) is 116 cm³/mol. The van der Waals surface area contributed by atoms with Crippen molar-refractivity contribution in [3.8, 4) is 5.75 Å². The molecule has 1 amide bonds. The van der Waals surface area contributed by atoms with E-state index in [9.17, 15) is 34.8 Å². The number of alkyl halides is 3. The molecule has 0 radical (unpaired) electrons. The Bertz CT molecular complexity index is 1220. The average Bonchev–Trinajstić information content (AvgIpc) is 2.73. The Balaban J connectivity index is 1.60. The van der Waals surface area contributed by atoms with E-state index >= 15 is 0 Å². The molecular formula is C20H22F3N3O6S2. The molecule has 0 saturated carbocycles. The Kier molecular flexibility index (Phi) is 7.55. The first-order chi connectivity index (χ1) is 15.8. The monoisotopic (exact) mass is 521 g/mol. The van der Waals surface area contributed by atoms with Crippen LogP contribution in [0.5, 0.6) is 5.75 Å². The summed E-state index contributed by atoms with van der Waals surface area (Å²) in [7, 11) is -7.84. The van der Waals surface area contributed by atoms with Gasteiger partial charge in [-0.25, -0.2) is 21.6 Å². The molecule has 0 unspecified atom stereocenters. The van der Waals surface area contributed by atoms with E-state index in [2.05, 4.69) is 14.8 Å². The Labute approximate surface area is 195 Å². The van der Waals surface area contributed by atoms with Crippen molar-refractivity contribution < 1.29 is 39.5 Å². The predicted octanol–water partition coefficient (Wildman–Crippen LogP) is 2.68. The highest BCUT2D eigenvalue weighted by molar-refractivity contribution is 7.89. The maximum absolute atomic E-state index is 12.9. The Hall–Kier alpha value is -2.68. The van der Waals surface area contributed by atoms with Gasteiger partial charge in [-0.05, 0) is 61.4 Å². The summed E-state index contributed by atoms with van der Waals surface area (Å²) in [4.78, 5) is 10.9. The molecule has 2 N–H and O–H groups in total. The molecule has 1 aliphatic rings. The fourth-order valence-electron chi connectivity index (χ4n) is 3.38. The van der Waals surface area contributed by atoms with E-state index in [1.54, 1.807) is 0 Å². The number of benzene rings is 2. The molecule has 3 rings (SSSR count). The van der Waals surface area contributed by atoms with Crippen LogP contribution >= 0.6 is 0 Å². The third-order valence-corrected chi connectivity index (χ3v) is 8.41. The highest BCUT2D eigenvalue weighted by atomic mass is 32.2. The maximum atomic E-state index is 12.9. The molecule has 0 atom stereocenters. The van der Waals surface area contributed by atoms with Crippen molar-refractivity contribution in [1.82, 2.24) is 9.03 Å². The summed E-state index contributed by atoms with van der Waals surface area (Å²) in [6.45, 7) is 1.48. The highest BCUT2D eigenvalue weighted by Gasteiger charge is 2.33. The van der Waals surface area contributed by atoms with Crippen molar-refractivity contribution in [3.63, 3.8) is 0 Å². The molecule has 2 aromatic rings. The number of ether oxygens (including phenoxy) is 1. The summed E-state index contributed by atoms with van der Waals surface area (Å²) < 4.78 is 95.1. The van der Waals surface area contributed by atoms with Gasteiger partial charge in [0.2, 0.25) is 26.0 Å². The molecule has 1 aliphatic heterocycles. The lowest BCUT2D eigenvalue weighted by molar-refractivity contribution is -0.274. The summed E-state index contributed by atoms with van der Waals surface area (Å²) in [5, 5.41) is 2.55. The number of amides is 1. The van der Waals surface area contributed by atoms with Crippen LogP contribution in [0.4, 0.5) is 18.9 Å². The number of carbonyl (C=O) groups excluding carboxylic acids is 1. The van der Waals surface area contributed by atoms with Gasteiger partial charge in [0, 0.05) is 31.7 Å². The number of hydrogen-bond acceptors (Lipinski definition) is 6. The summed E-state index contributed by atoms with van der Waals surface area (Å²) in [6, 6.07) is 8.93. The van der Waals surface area contributed by atoms with Gasteiger partial charge in [0.25, 0.3) is 0 Å². The van der Waals surface area contributed by atoms with E-state index in [0.29, 0.717) is 5.69 Å². The van der Waals surface area contributed by atoms with Gasteiger partial charge in [-0.15, -0.1) is 13.2 Å². The van der Waals surface area contributed by atoms with E-state index < -0.39 is 38.2 Å². The van der Waals surface area contributed by atoms with Crippen molar-refractivity contribution in [2.45, 2.75) is 42.0 Å². The summed E-state index contributed by atoms with van der Waals surface area (Å²) >= 11 is 0. The minimum Gasteiger partial charge on any atom is -0.406 e. The van der Waals surface area contributed by atoms with Gasteiger partial charge in [-0.3, -0.25) is 4.79 Å². The van der Waals surface area contributed by atoms with Crippen LogP contribution in [-0.4, -0.2) is 52.5 Å². The molecule has 1 heterocycles. The zero-order chi connectivity index (χ0) is 25.1. The van der Waals surface area contributed by atoms with Gasteiger partial charge in [-0.1, -0.05) is 0 Å². The minimum atomic E-state index is -4.89. The second-order valence-electron chi connectivity index (χ2n) is 7.52.